The molecule has 1 aliphatic heterocycles. The van der Waals surface area contributed by atoms with Crippen molar-refractivity contribution in [2.24, 2.45) is 0 Å². The molecule has 3 aromatic rings. The molecule has 26 heavy (non-hydrogen) atoms. The molecule has 0 bridgehead atoms. The fourth-order valence-electron chi connectivity index (χ4n) is 2.57. The normalized spacial score (nSPS) is 16.2. The molecule has 0 saturated heterocycles. The van der Waals surface area contributed by atoms with E-state index < -0.39 is 9.45 Å². The van der Waals surface area contributed by atoms with Gasteiger partial charge in [0, 0.05) is 0 Å². The Balaban J connectivity index is 0.00000196. The van der Waals surface area contributed by atoms with Crippen LogP contribution in [0.3, 0.4) is 0 Å². The Morgan fingerprint density at radius 2 is 1.62 bits per heavy atom. The molecule has 0 spiro atoms. The smallest absolute Gasteiger partial charge is 1.00 e. The number of aromatic nitrogens is 3. The van der Waals surface area contributed by atoms with Gasteiger partial charge in [-0.05, 0) is 0 Å². The summed E-state index contributed by atoms with van der Waals surface area (Å²) in [5, 5.41) is 9.17. The largest absolute Gasteiger partial charge is 1.00 e. The minimum Gasteiger partial charge on any atom is -1.00 e. The van der Waals surface area contributed by atoms with Crippen molar-refractivity contribution in [3.63, 3.8) is 0 Å². The van der Waals surface area contributed by atoms with Gasteiger partial charge >= 0.3 is 177 Å². The van der Waals surface area contributed by atoms with Gasteiger partial charge < -0.3 is 17.0 Å². The molecule has 9 heteroatoms. The van der Waals surface area contributed by atoms with Crippen molar-refractivity contribution in [1.29, 1.82) is 0 Å². The molecule has 3 nitrogen and oxygen atoms in total. The van der Waals surface area contributed by atoms with Crippen LogP contribution in [0.25, 0.3) is 17.1 Å². The molecule has 2 aromatic carbocycles. The molecule has 0 aliphatic carbocycles. The van der Waals surface area contributed by atoms with Gasteiger partial charge in [-0.15, -0.1) is 0 Å². The number of rotatable bonds is 3. The number of para-hydroxylation sites is 1. The van der Waals surface area contributed by atoms with Gasteiger partial charge in [0.15, 0.2) is 0 Å². The van der Waals surface area contributed by atoms with E-state index in [4.69, 9.17) is 5.10 Å². The van der Waals surface area contributed by atoms with Crippen LogP contribution in [0.4, 0.5) is 0 Å². The van der Waals surface area contributed by atoms with Gasteiger partial charge in [0.1, 0.15) is 0 Å². The standard InChI is InChI=1S/C17H13Br3N3SSe.BrH/c18-11-15-12-24-17-22(14-9-5-2-6-10-14)16(13-7-3-1-4-8-13)21-23(17)25(15,19)20;/h1-10,12H,11H2;1H/q+1;/p-1. The average molecular weight is 690 g/mol. The summed E-state index contributed by atoms with van der Waals surface area (Å²) in [7, 11) is -2.42. The van der Waals surface area contributed by atoms with Gasteiger partial charge in [0.2, 0.25) is 0 Å². The maximum Gasteiger partial charge on any atom is -1.00 e. The number of alkyl halides is 1. The fourth-order valence-corrected chi connectivity index (χ4v) is 19.0. The fraction of sp³-hybridized carbons (Fsp3) is 0.0588. The van der Waals surface area contributed by atoms with Gasteiger partial charge in [-0.3, -0.25) is 0 Å². The number of nitrogens with zero attached hydrogens (tertiary/aromatic N) is 3. The number of halogens is 4. The van der Waals surface area contributed by atoms with Crippen molar-refractivity contribution >= 4 is 65.4 Å². The third kappa shape index (κ3) is 3.69. The third-order valence-corrected chi connectivity index (χ3v) is 17.3. The molecule has 2 heterocycles. The van der Waals surface area contributed by atoms with E-state index in [1.165, 1.54) is 4.47 Å². The van der Waals surface area contributed by atoms with Gasteiger partial charge in [-0.2, -0.15) is 0 Å². The maximum atomic E-state index is 5.02. The Labute approximate surface area is 192 Å². The molecule has 136 valence electrons. The van der Waals surface area contributed by atoms with Crippen LogP contribution in [-0.2, 0) is 0 Å². The predicted octanol–water partition coefficient (Wildman–Crippen LogP) is 2.33. The topological polar surface area (TPSA) is 21.7 Å². The SMILES string of the molecule is BrCC1=CSc2n(nc(-c3ccccc3)[n+]2-c2ccccc2)[Se]1(Br)Br.[Br-]. The van der Waals surface area contributed by atoms with Crippen molar-refractivity contribution in [2.75, 3.05) is 5.33 Å². The van der Waals surface area contributed by atoms with E-state index in [0.29, 0.717) is 0 Å². The van der Waals surface area contributed by atoms with Crippen LogP contribution in [0.1, 0.15) is 0 Å². The number of hydrogen-bond acceptors (Lipinski definition) is 2. The second kappa shape index (κ2) is 8.64. The minimum absolute atomic E-state index is 0. The van der Waals surface area contributed by atoms with Crippen LogP contribution in [0.5, 0.6) is 0 Å². The van der Waals surface area contributed by atoms with E-state index in [2.05, 4.69) is 94.2 Å². The molecule has 1 aliphatic rings. The van der Waals surface area contributed by atoms with E-state index in [9.17, 15) is 0 Å². The Morgan fingerprint density at radius 3 is 2.23 bits per heavy atom. The van der Waals surface area contributed by atoms with Gasteiger partial charge in [0.05, 0.1) is 0 Å². The molecular formula is C17H13Br4N3SSe. The molecule has 0 amide bonds. The first-order valence-corrected chi connectivity index (χ1v) is 19.1. The van der Waals surface area contributed by atoms with E-state index in [1.54, 1.807) is 11.8 Å². The predicted molar refractivity (Wildman–Crippen MR) is 116 cm³/mol. The van der Waals surface area contributed by atoms with Crippen molar-refractivity contribution in [3.8, 4) is 17.1 Å². The van der Waals surface area contributed by atoms with E-state index >= 15 is 0 Å². The first kappa shape index (κ1) is 20.8. The molecule has 1 aromatic heterocycles. The summed E-state index contributed by atoms with van der Waals surface area (Å²) in [5.41, 5.74) is 2.21. The van der Waals surface area contributed by atoms with Crippen LogP contribution in [0, 0.1) is 0 Å². The van der Waals surface area contributed by atoms with E-state index in [1.807, 2.05) is 24.3 Å². The summed E-state index contributed by atoms with van der Waals surface area (Å²) in [5.74, 6) is 0.944. The van der Waals surface area contributed by atoms with Crippen molar-refractivity contribution in [1.82, 2.24) is 8.80 Å². The first-order chi connectivity index (χ1) is 12.1. The summed E-state index contributed by atoms with van der Waals surface area (Å²) in [6, 6.07) is 20.7. The Hall–Kier alpha value is 0.109. The third-order valence-electron chi connectivity index (χ3n) is 3.76. The summed E-state index contributed by atoms with van der Waals surface area (Å²) >= 11 is 13.2. The number of hydrogen-bond donors (Lipinski definition) is 0. The number of allylic oxidation sites excluding steroid dienone is 1. The van der Waals surface area contributed by atoms with Gasteiger partial charge in [-0.1, -0.05) is 0 Å². The molecule has 0 unspecified atom stereocenters. The molecule has 0 radical (unpaired) electrons. The van der Waals surface area contributed by atoms with Crippen molar-refractivity contribution in [2.45, 2.75) is 5.16 Å². The second-order valence-electron chi connectivity index (χ2n) is 5.29. The van der Waals surface area contributed by atoms with E-state index in [-0.39, 0.29) is 17.0 Å². The number of thioether (sulfide) groups is 1. The van der Waals surface area contributed by atoms with Crippen LogP contribution in [0.2, 0.25) is 0 Å². The molecule has 0 fully saturated rings. The summed E-state index contributed by atoms with van der Waals surface area (Å²) in [4.78, 5) is 0. The zero-order valence-corrected chi connectivity index (χ0v) is 22.1. The Bertz CT molecular complexity index is 945. The Kier molecular flexibility index (Phi) is 6.92. The van der Waals surface area contributed by atoms with E-state index in [0.717, 1.165) is 27.6 Å². The summed E-state index contributed by atoms with van der Waals surface area (Å²) < 4.78 is 5.69. The quantitative estimate of drug-likeness (QED) is 0.240. The first-order valence-electron chi connectivity index (χ1n) is 7.43. The average Bonchev–Trinajstić information content (AvgIpc) is 3.04. The van der Waals surface area contributed by atoms with Crippen LogP contribution in [-0.4, -0.2) is 23.6 Å². The van der Waals surface area contributed by atoms with Crippen LogP contribution in [0.15, 0.2) is 75.7 Å². The monoisotopic (exact) mass is 687 g/mol. The second-order valence-corrected chi connectivity index (χ2v) is 24.6. The molecule has 0 saturated carbocycles. The minimum atomic E-state index is -2.42. The van der Waals surface area contributed by atoms with Crippen molar-refractivity contribution < 1.29 is 21.5 Å². The molecule has 4 rings (SSSR count). The number of fused-ring (bicyclic) bond motifs is 1. The van der Waals surface area contributed by atoms with Crippen LogP contribution >= 0.6 is 55.9 Å². The summed E-state index contributed by atoms with van der Waals surface area (Å²) in [6.45, 7) is 0. The van der Waals surface area contributed by atoms with Crippen molar-refractivity contribution in [3.05, 3.63) is 70.5 Å². The zero-order valence-electron chi connectivity index (χ0n) is 13.2. The van der Waals surface area contributed by atoms with Crippen LogP contribution < -0.4 is 21.5 Å². The zero-order chi connectivity index (χ0) is 17.4. The van der Waals surface area contributed by atoms with Gasteiger partial charge in [-0.25, -0.2) is 0 Å². The molecule has 0 atom stereocenters. The number of benzene rings is 2. The van der Waals surface area contributed by atoms with Gasteiger partial charge in [0.25, 0.3) is 0 Å². The molecule has 0 N–H and O–H groups in total. The summed E-state index contributed by atoms with van der Waals surface area (Å²) in [6.07, 6.45) is 0. The maximum absolute atomic E-state index is 5.02. The molecular weight excluding hydrogens is 677 g/mol. The Morgan fingerprint density at radius 1 is 1.00 bits per heavy atom.